The van der Waals surface area contributed by atoms with Crippen molar-refractivity contribution in [1.29, 1.82) is 0 Å². The summed E-state index contributed by atoms with van der Waals surface area (Å²) in [5.41, 5.74) is 7.22. The number of hydrogen-bond donors (Lipinski definition) is 2. The molecule has 0 saturated carbocycles. The molecule has 1 aromatic heterocycles. The van der Waals surface area contributed by atoms with Crippen LogP contribution >= 0.6 is 15.9 Å². The molecule has 1 heterocycles. The second-order valence-corrected chi connectivity index (χ2v) is 5.28. The van der Waals surface area contributed by atoms with Gasteiger partial charge in [0.15, 0.2) is 5.78 Å². The van der Waals surface area contributed by atoms with Crippen LogP contribution in [0.4, 0.5) is 10.1 Å². The Morgan fingerprint density at radius 2 is 2.05 bits per heavy atom. The van der Waals surface area contributed by atoms with Crippen LogP contribution in [-0.2, 0) is 0 Å². The molecule has 2 aromatic carbocycles. The van der Waals surface area contributed by atoms with Gasteiger partial charge in [0, 0.05) is 32.7 Å². The second-order valence-electron chi connectivity index (χ2n) is 4.43. The van der Waals surface area contributed by atoms with Crippen LogP contribution in [-0.4, -0.2) is 10.8 Å². The molecular formula is C15H10BrFN2O. The van der Waals surface area contributed by atoms with Gasteiger partial charge >= 0.3 is 0 Å². The maximum atomic E-state index is 13.2. The zero-order valence-electron chi connectivity index (χ0n) is 10.3. The number of carbonyl (C=O) groups excluding carboxylic acids is 1. The van der Waals surface area contributed by atoms with Crippen LogP contribution in [0, 0.1) is 5.82 Å². The number of fused-ring (bicyclic) bond motifs is 1. The van der Waals surface area contributed by atoms with Crippen LogP contribution in [0.5, 0.6) is 0 Å². The maximum absolute atomic E-state index is 13.2. The van der Waals surface area contributed by atoms with Crippen LogP contribution in [0.3, 0.4) is 0 Å². The first kappa shape index (κ1) is 12.9. The van der Waals surface area contributed by atoms with Gasteiger partial charge in [-0.15, -0.1) is 0 Å². The largest absolute Gasteiger partial charge is 0.396 e. The van der Waals surface area contributed by atoms with Gasteiger partial charge < -0.3 is 10.7 Å². The molecular weight excluding hydrogens is 323 g/mol. The smallest absolute Gasteiger partial charge is 0.195 e. The van der Waals surface area contributed by atoms with E-state index in [4.69, 9.17) is 5.73 Å². The number of rotatable bonds is 2. The van der Waals surface area contributed by atoms with Crippen LogP contribution < -0.4 is 5.73 Å². The third kappa shape index (κ3) is 2.00. The lowest BCUT2D eigenvalue weighted by molar-refractivity contribution is 0.104. The number of nitrogens with two attached hydrogens (primary N) is 1. The van der Waals surface area contributed by atoms with Crippen molar-refractivity contribution in [2.75, 3.05) is 5.73 Å². The van der Waals surface area contributed by atoms with E-state index < -0.39 is 5.82 Å². The van der Waals surface area contributed by atoms with Crippen molar-refractivity contribution < 1.29 is 9.18 Å². The van der Waals surface area contributed by atoms with Crippen molar-refractivity contribution in [3.63, 3.8) is 0 Å². The standard InChI is InChI=1S/C15H10BrFN2O/c16-10-2-1-3-13-14(10)9(7-19-13)15(20)8-4-5-11(17)12(18)6-8/h1-7,19H,18H2. The van der Waals surface area contributed by atoms with Crippen molar-refractivity contribution in [3.05, 3.63) is 64.0 Å². The number of carbonyl (C=O) groups is 1. The molecule has 3 rings (SSSR count). The number of halogens is 2. The Balaban J connectivity index is 2.15. The Hall–Kier alpha value is -2.14. The predicted molar refractivity (Wildman–Crippen MR) is 80.2 cm³/mol. The van der Waals surface area contributed by atoms with Crippen molar-refractivity contribution in [2.45, 2.75) is 0 Å². The number of nitrogens with one attached hydrogen (secondary N) is 1. The summed E-state index contributed by atoms with van der Waals surface area (Å²) in [6.07, 6.45) is 1.65. The average molecular weight is 333 g/mol. The fourth-order valence-electron chi connectivity index (χ4n) is 2.16. The van der Waals surface area contributed by atoms with E-state index in [0.717, 1.165) is 15.4 Å². The molecule has 0 saturated heterocycles. The first-order valence-electron chi connectivity index (χ1n) is 5.93. The highest BCUT2D eigenvalue weighted by Crippen LogP contribution is 2.29. The molecule has 5 heteroatoms. The van der Waals surface area contributed by atoms with E-state index >= 15 is 0 Å². The summed E-state index contributed by atoms with van der Waals surface area (Å²) in [6, 6.07) is 9.62. The molecule has 0 aliphatic rings. The highest BCUT2D eigenvalue weighted by molar-refractivity contribution is 9.10. The van der Waals surface area contributed by atoms with Crippen molar-refractivity contribution >= 4 is 38.3 Å². The first-order valence-corrected chi connectivity index (χ1v) is 6.72. The summed E-state index contributed by atoms with van der Waals surface area (Å²) in [5, 5.41) is 0.806. The topological polar surface area (TPSA) is 58.9 Å². The van der Waals surface area contributed by atoms with Crippen LogP contribution in [0.15, 0.2) is 47.1 Å². The molecule has 3 aromatic rings. The third-order valence-corrected chi connectivity index (χ3v) is 3.82. The van der Waals surface area contributed by atoms with E-state index in [1.807, 2.05) is 18.2 Å². The number of ketones is 1. The molecule has 0 atom stereocenters. The SMILES string of the molecule is Nc1cc(C(=O)c2c[nH]c3cccc(Br)c23)ccc1F. The third-order valence-electron chi connectivity index (χ3n) is 3.16. The summed E-state index contributed by atoms with van der Waals surface area (Å²) in [4.78, 5) is 15.6. The zero-order valence-corrected chi connectivity index (χ0v) is 11.9. The molecule has 0 fully saturated rings. The lowest BCUT2D eigenvalue weighted by Gasteiger charge is -2.03. The molecule has 0 bridgehead atoms. The lowest BCUT2D eigenvalue weighted by Crippen LogP contribution is -2.02. The Bertz CT molecular complexity index is 826. The highest BCUT2D eigenvalue weighted by Gasteiger charge is 2.16. The van der Waals surface area contributed by atoms with Gasteiger partial charge in [0.1, 0.15) is 5.82 Å². The summed E-state index contributed by atoms with van der Waals surface area (Å²) < 4.78 is 14.0. The number of H-pyrrole nitrogens is 1. The summed E-state index contributed by atoms with van der Waals surface area (Å²) in [5.74, 6) is -0.725. The van der Waals surface area contributed by atoms with Crippen LogP contribution in [0.25, 0.3) is 10.9 Å². The van der Waals surface area contributed by atoms with Gasteiger partial charge in [-0.2, -0.15) is 0 Å². The van der Waals surface area contributed by atoms with Gasteiger partial charge in [-0.1, -0.05) is 22.0 Å². The van der Waals surface area contributed by atoms with Crippen molar-refractivity contribution in [1.82, 2.24) is 4.98 Å². The van der Waals surface area contributed by atoms with E-state index in [-0.39, 0.29) is 11.5 Å². The van der Waals surface area contributed by atoms with E-state index in [1.54, 1.807) is 6.20 Å². The second kappa shape index (κ2) is 4.76. The fraction of sp³-hybridized carbons (Fsp3) is 0. The fourth-order valence-corrected chi connectivity index (χ4v) is 2.74. The monoisotopic (exact) mass is 332 g/mol. The molecule has 0 radical (unpaired) electrons. The minimum Gasteiger partial charge on any atom is -0.396 e. The number of anilines is 1. The van der Waals surface area contributed by atoms with Gasteiger partial charge in [0.05, 0.1) is 5.69 Å². The summed E-state index contributed by atoms with van der Waals surface area (Å²) >= 11 is 3.44. The summed E-state index contributed by atoms with van der Waals surface area (Å²) in [6.45, 7) is 0. The van der Waals surface area contributed by atoms with E-state index in [9.17, 15) is 9.18 Å². The predicted octanol–water partition coefficient (Wildman–Crippen LogP) is 3.88. The first-order chi connectivity index (χ1) is 9.58. The number of benzene rings is 2. The van der Waals surface area contributed by atoms with Gasteiger partial charge in [-0.25, -0.2) is 4.39 Å². The van der Waals surface area contributed by atoms with Gasteiger partial charge in [-0.05, 0) is 30.3 Å². The number of aromatic nitrogens is 1. The molecule has 20 heavy (non-hydrogen) atoms. The minimum atomic E-state index is -0.526. The molecule has 0 unspecified atom stereocenters. The van der Waals surface area contributed by atoms with Crippen LogP contribution in [0.1, 0.15) is 15.9 Å². The molecule has 0 aliphatic carbocycles. The normalized spacial score (nSPS) is 10.9. The molecule has 0 spiro atoms. The summed E-state index contributed by atoms with van der Waals surface area (Å²) in [7, 11) is 0. The Labute approximate surface area is 122 Å². The minimum absolute atomic E-state index is 0.0326. The molecule has 0 aliphatic heterocycles. The lowest BCUT2D eigenvalue weighted by atomic mass is 10.0. The highest BCUT2D eigenvalue weighted by atomic mass is 79.9. The van der Waals surface area contributed by atoms with Gasteiger partial charge in [-0.3, -0.25) is 4.79 Å². The van der Waals surface area contributed by atoms with Crippen molar-refractivity contribution in [3.8, 4) is 0 Å². The molecule has 0 amide bonds. The van der Waals surface area contributed by atoms with Crippen LogP contribution in [0.2, 0.25) is 0 Å². The quantitative estimate of drug-likeness (QED) is 0.552. The molecule has 3 nitrogen and oxygen atoms in total. The van der Waals surface area contributed by atoms with E-state index in [2.05, 4.69) is 20.9 Å². The van der Waals surface area contributed by atoms with Crippen molar-refractivity contribution in [2.24, 2.45) is 0 Å². The Morgan fingerprint density at radius 3 is 2.80 bits per heavy atom. The zero-order chi connectivity index (χ0) is 14.3. The Morgan fingerprint density at radius 1 is 1.25 bits per heavy atom. The van der Waals surface area contributed by atoms with E-state index in [1.165, 1.54) is 18.2 Å². The van der Waals surface area contributed by atoms with Gasteiger partial charge in [0.2, 0.25) is 0 Å². The Kier molecular flexibility index (Phi) is 3.06. The molecule has 3 N–H and O–H groups in total. The maximum Gasteiger partial charge on any atom is 0.195 e. The number of nitrogen functional groups attached to an aromatic ring is 1. The average Bonchev–Trinajstić information content (AvgIpc) is 2.86. The number of aromatic amines is 1. The number of hydrogen-bond acceptors (Lipinski definition) is 2. The van der Waals surface area contributed by atoms with E-state index in [0.29, 0.717) is 11.1 Å². The van der Waals surface area contributed by atoms with Gasteiger partial charge in [0.25, 0.3) is 0 Å². The molecule has 100 valence electrons.